The lowest BCUT2D eigenvalue weighted by atomic mass is 10.3. The third-order valence-corrected chi connectivity index (χ3v) is 4.91. The molecule has 0 heterocycles. The van der Waals surface area contributed by atoms with Crippen molar-refractivity contribution < 1.29 is 4.57 Å². The third-order valence-electron chi connectivity index (χ3n) is 1.90. The molecule has 0 aliphatic heterocycles. The van der Waals surface area contributed by atoms with Crippen molar-refractivity contribution in [2.45, 2.75) is 46.2 Å². The van der Waals surface area contributed by atoms with Crippen LogP contribution >= 0.6 is 18.0 Å². The van der Waals surface area contributed by atoms with E-state index >= 15 is 0 Å². The molecular weight excluding hydrogens is 233 g/mol. The lowest BCUT2D eigenvalue weighted by Crippen LogP contribution is -2.36. The van der Waals surface area contributed by atoms with Gasteiger partial charge in [-0.15, -0.1) is 0 Å². The highest BCUT2D eigenvalue weighted by atomic mass is 35.7. The van der Waals surface area contributed by atoms with E-state index in [-0.39, 0.29) is 12.1 Å². The molecule has 0 amide bonds. The van der Waals surface area contributed by atoms with Crippen LogP contribution in [0.4, 0.5) is 0 Å². The van der Waals surface area contributed by atoms with Crippen LogP contribution in [0.1, 0.15) is 34.1 Å². The first-order chi connectivity index (χ1) is 6.83. The van der Waals surface area contributed by atoms with Crippen LogP contribution in [-0.4, -0.2) is 23.3 Å². The Morgan fingerprint density at radius 2 is 1.87 bits per heavy atom. The zero-order valence-electron chi connectivity index (χ0n) is 9.70. The number of nitrogens with zero attached hydrogens (tertiary/aromatic N) is 2. The minimum absolute atomic E-state index is 0.0999. The molecule has 0 saturated carbocycles. The van der Waals surface area contributed by atoms with Gasteiger partial charge in [-0.3, -0.25) is 4.57 Å². The molecule has 0 bridgehead atoms. The first-order valence-electron chi connectivity index (χ1n) is 5.03. The van der Waals surface area contributed by atoms with E-state index in [2.05, 4.69) is 5.09 Å². The van der Waals surface area contributed by atoms with Crippen LogP contribution in [0, 0.1) is 11.3 Å². The van der Waals surface area contributed by atoms with E-state index in [9.17, 15) is 4.57 Å². The van der Waals surface area contributed by atoms with Crippen LogP contribution in [0.15, 0.2) is 0 Å². The molecule has 0 aromatic heterocycles. The van der Waals surface area contributed by atoms with E-state index in [0.717, 1.165) is 0 Å². The second kappa shape index (κ2) is 6.50. The molecule has 0 saturated heterocycles. The van der Waals surface area contributed by atoms with Gasteiger partial charge in [-0.25, -0.2) is 9.76 Å². The highest BCUT2D eigenvalue weighted by Crippen LogP contribution is 2.52. The van der Waals surface area contributed by atoms with Gasteiger partial charge in [0.15, 0.2) is 0 Å². The molecule has 0 spiro atoms. The summed E-state index contributed by atoms with van der Waals surface area (Å²) in [4.78, 5) is 0. The summed E-state index contributed by atoms with van der Waals surface area (Å²) in [6.45, 7) is 5.10. The molecule has 0 radical (unpaired) electrons. The van der Waals surface area contributed by atoms with E-state index in [4.69, 9.17) is 16.5 Å². The van der Waals surface area contributed by atoms with Gasteiger partial charge in [-0.05, 0) is 38.9 Å². The fraction of sp³-hybridized carbons (Fsp3) is 0.889. The zero-order valence-corrected chi connectivity index (χ0v) is 11.3. The van der Waals surface area contributed by atoms with Crippen molar-refractivity contribution in [3.05, 3.63) is 0 Å². The van der Waals surface area contributed by atoms with Gasteiger partial charge in [0.2, 0.25) is 0 Å². The van der Waals surface area contributed by atoms with Crippen LogP contribution in [0.5, 0.6) is 0 Å². The minimum Gasteiger partial charge on any atom is -0.271 e. The van der Waals surface area contributed by atoms with E-state index in [1.54, 1.807) is 4.67 Å². The van der Waals surface area contributed by atoms with E-state index < -0.39 is 6.80 Å². The van der Waals surface area contributed by atoms with Crippen molar-refractivity contribution in [3.8, 4) is 6.07 Å². The largest absolute Gasteiger partial charge is 0.302 e. The van der Waals surface area contributed by atoms with Gasteiger partial charge in [0.05, 0.1) is 6.07 Å². The SMILES string of the molecule is CC(C)N(C(C)C)P(=O)(Cl)NCCC#N. The normalized spacial score (nSPS) is 15.7. The minimum atomic E-state index is -3.04. The summed E-state index contributed by atoms with van der Waals surface area (Å²) in [7, 11) is 0. The van der Waals surface area contributed by atoms with Gasteiger partial charge in [-0.2, -0.15) is 5.26 Å². The Bertz CT molecular complexity index is 267. The molecule has 1 atom stereocenters. The molecule has 6 heteroatoms. The van der Waals surface area contributed by atoms with Gasteiger partial charge in [0.25, 0.3) is 0 Å². The lowest BCUT2D eigenvalue weighted by molar-refractivity contribution is 0.301. The number of nitriles is 1. The summed E-state index contributed by atoms with van der Waals surface area (Å²) in [6.07, 6.45) is 0.306. The molecule has 0 rings (SSSR count). The predicted molar refractivity (Wildman–Crippen MR) is 63.8 cm³/mol. The number of nitrogens with one attached hydrogen (secondary N) is 1. The van der Waals surface area contributed by atoms with Crippen LogP contribution in [-0.2, 0) is 4.57 Å². The van der Waals surface area contributed by atoms with Crippen LogP contribution in [0.25, 0.3) is 0 Å². The standard InChI is InChI=1S/C9H19ClN3OP/c1-8(2)13(9(3)4)15(10,14)12-7-5-6-11/h8-9H,5,7H2,1-4H3,(H,12,14). The Kier molecular flexibility index (Phi) is 6.47. The van der Waals surface area contributed by atoms with Crippen molar-refractivity contribution in [1.29, 1.82) is 5.26 Å². The third kappa shape index (κ3) is 4.99. The Morgan fingerprint density at radius 1 is 1.40 bits per heavy atom. The highest BCUT2D eigenvalue weighted by Gasteiger charge is 2.31. The van der Waals surface area contributed by atoms with Gasteiger partial charge in [0, 0.05) is 25.0 Å². The quantitative estimate of drug-likeness (QED) is 0.582. The molecule has 1 unspecified atom stereocenters. The number of halogens is 1. The predicted octanol–water partition coefficient (Wildman–Crippen LogP) is 2.96. The van der Waals surface area contributed by atoms with Crippen molar-refractivity contribution in [2.24, 2.45) is 0 Å². The van der Waals surface area contributed by atoms with Gasteiger partial charge in [0.1, 0.15) is 0 Å². The topological polar surface area (TPSA) is 56.1 Å². The molecule has 0 aromatic carbocycles. The number of hydrogen-bond donors (Lipinski definition) is 1. The van der Waals surface area contributed by atoms with Crippen LogP contribution in [0.3, 0.4) is 0 Å². The molecule has 1 N–H and O–H groups in total. The van der Waals surface area contributed by atoms with Crippen molar-refractivity contribution in [3.63, 3.8) is 0 Å². The Hall–Kier alpha value is -0.0700. The Balaban J connectivity index is 4.52. The van der Waals surface area contributed by atoms with E-state index in [0.29, 0.717) is 13.0 Å². The maximum Gasteiger partial charge on any atom is 0.302 e. The van der Waals surface area contributed by atoms with E-state index in [1.165, 1.54) is 0 Å². The molecular formula is C9H19ClN3OP. The average molecular weight is 252 g/mol. The van der Waals surface area contributed by atoms with Gasteiger partial charge in [-0.1, -0.05) is 0 Å². The summed E-state index contributed by atoms with van der Waals surface area (Å²) in [5, 5.41) is 11.1. The molecule has 0 aromatic rings. The molecule has 0 fully saturated rings. The summed E-state index contributed by atoms with van der Waals surface area (Å²) in [5.74, 6) is 0. The molecule has 15 heavy (non-hydrogen) atoms. The number of hydrogen-bond acceptors (Lipinski definition) is 2. The van der Waals surface area contributed by atoms with Crippen LogP contribution < -0.4 is 5.09 Å². The van der Waals surface area contributed by atoms with Crippen LogP contribution in [0.2, 0.25) is 0 Å². The molecule has 0 aliphatic carbocycles. The average Bonchev–Trinajstić information content (AvgIpc) is 2.01. The summed E-state index contributed by atoms with van der Waals surface area (Å²) >= 11 is 5.99. The first kappa shape index (κ1) is 14.9. The van der Waals surface area contributed by atoms with Gasteiger partial charge < -0.3 is 0 Å². The second-order valence-corrected chi connectivity index (χ2v) is 7.04. The van der Waals surface area contributed by atoms with E-state index in [1.807, 2.05) is 33.8 Å². The summed E-state index contributed by atoms with van der Waals surface area (Å²) in [5.41, 5.74) is 0. The molecule has 88 valence electrons. The lowest BCUT2D eigenvalue weighted by Gasteiger charge is -2.34. The highest BCUT2D eigenvalue weighted by molar-refractivity contribution is 7.85. The van der Waals surface area contributed by atoms with Crippen molar-refractivity contribution in [2.75, 3.05) is 6.54 Å². The maximum absolute atomic E-state index is 12.1. The Labute approximate surface area is 96.9 Å². The summed E-state index contributed by atoms with van der Waals surface area (Å²) in [6, 6.07) is 2.18. The fourth-order valence-corrected chi connectivity index (χ4v) is 4.56. The second-order valence-electron chi connectivity index (χ2n) is 3.89. The molecule has 4 nitrogen and oxygen atoms in total. The first-order valence-corrected chi connectivity index (χ1v) is 7.60. The smallest absolute Gasteiger partial charge is 0.271 e. The van der Waals surface area contributed by atoms with Crippen molar-refractivity contribution in [1.82, 2.24) is 9.76 Å². The van der Waals surface area contributed by atoms with Gasteiger partial charge >= 0.3 is 6.80 Å². The molecule has 0 aliphatic rings. The summed E-state index contributed by atoms with van der Waals surface area (Å²) < 4.78 is 13.9. The number of rotatable bonds is 6. The Morgan fingerprint density at radius 3 is 2.20 bits per heavy atom. The van der Waals surface area contributed by atoms with Crippen molar-refractivity contribution >= 4 is 18.0 Å². The maximum atomic E-state index is 12.1. The zero-order chi connectivity index (χ0) is 12.1. The fourth-order valence-electron chi connectivity index (χ4n) is 1.52. The monoisotopic (exact) mass is 251 g/mol.